The molecule has 1 saturated heterocycles. The van der Waals surface area contributed by atoms with E-state index in [2.05, 4.69) is 5.32 Å². The minimum absolute atomic E-state index is 0.0560. The highest BCUT2D eigenvalue weighted by atomic mass is 32.2. The van der Waals surface area contributed by atoms with E-state index in [1.165, 1.54) is 29.5 Å². The Morgan fingerprint density at radius 1 is 1.16 bits per heavy atom. The SMILES string of the molecule is COc1cc(/C=C2\SC(=S)N(CCC(=O)Nc3ccccc3C(F)(F)F)C2=O)ccc1OC1CCCCC1. The summed E-state index contributed by atoms with van der Waals surface area (Å²) in [6.45, 7) is -0.0560. The van der Waals surface area contributed by atoms with Crippen molar-refractivity contribution in [2.24, 2.45) is 0 Å². The maximum Gasteiger partial charge on any atom is 0.418 e. The Morgan fingerprint density at radius 3 is 2.61 bits per heavy atom. The van der Waals surface area contributed by atoms with Gasteiger partial charge in [-0.2, -0.15) is 13.2 Å². The van der Waals surface area contributed by atoms with Crippen LogP contribution in [0.3, 0.4) is 0 Å². The van der Waals surface area contributed by atoms with E-state index >= 15 is 0 Å². The number of amides is 2. The lowest BCUT2D eigenvalue weighted by Crippen LogP contribution is -2.31. The Bertz CT molecular complexity index is 1240. The van der Waals surface area contributed by atoms with E-state index in [4.69, 9.17) is 21.7 Å². The van der Waals surface area contributed by atoms with Gasteiger partial charge in [0.1, 0.15) is 4.32 Å². The molecule has 38 heavy (non-hydrogen) atoms. The maximum atomic E-state index is 13.2. The minimum Gasteiger partial charge on any atom is -0.493 e. The molecular weight excluding hydrogens is 537 g/mol. The molecule has 11 heteroatoms. The molecule has 2 fully saturated rings. The van der Waals surface area contributed by atoms with E-state index in [0.717, 1.165) is 49.1 Å². The normalized spacial score (nSPS) is 17.7. The lowest BCUT2D eigenvalue weighted by atomic mass is 9.98. The molecule has 0 unspecified atom stereocenters. The first kappa shape index (κ1) is 28.0. The van der Waals surface area contributed by atoms with Gasteiger partial charge in [0.2, 0.25) is 5.91 Å². The van der Waals surface area contributed by atoms with Crippen LogP contribution in [0, 0.1) is 0 Å². The zero-order valence-corrected chi connectivity index (χ0v) is 22.3. The molecule has 6 nitrogen and oxygen atoms in total. The van der Waals surface area contributed by atoms with Crippen molar-refractivity contribution in [2.75, 3.05) is 19.0 Å². The predicted octanol–water partition coefficient (Wildman–Crippen LogP) is 6.66. The zero-order valence-electron chi connectivity index (χ0n) is 20.7. The number of thioether (sulfide) groups is 1. The van der Waals surface area contributed by atoms with Crippen LogP contribution in [0.5, 0.6) is 11.5 Å². The van der Waals surface area contributed by atoms with E-state index < -0.39 is 17.6 Å². The number of hydrogen-bond donors (Lipinski definition) is 1. The van der Waals surface area contributed by atoms with Gasteiger partial charge in [-0.25, -0.2) is 0 Å². The predicted molar refractivity (Wildman–Crippen MR) is 145 cm³/mol. The number of rotatable bonds is 8. The van der Waals surface area contributed by atoms with Crippen molar-refractivity contribution in [1.82, 2.24) is 4.90 Å². The highest BCUT2D eigenvalue weighted by molar-refractivity contribution is 8.26. The first-order valence-corrected chi connectivity index (χ1v) is 13.4. The number of ether oxygens (including phenoxy) is 2. The smallest absolute Gasteiger partial charge is 0.418 e. The van der Waals surface area contributed by atoms with Crippen LogP contribution >= 0.6 is 24.0 Å². The number of hydrogen-bond acceptors (Lipinski definition) is 6. The number of carbonyl (C=O) groups is 2. The third-order valence-corrected chi connectivity index (χ3v) is 7.65. The fourth-order valence-corrected chi connectivity index (χ4v) is 5.65. The average Bonchev–Trinajstić information content (AvgIpc) is 3.15. The van der Waals surface area contributed by atoms with Crippen molar-refractivity contribution in [3.05, 3.63) is 58.5 Å². The Morgan fingerprint density at radius 2 is 1.89 bits per heavy atom. The third kappa shape index (κ3) is 6.87. The van der Waals surface area contributed by atoms with Crippen molar-refractivity contribution >= 4 is 51.9 Å². The number of benzene rings is 2. The Balaban J connectivity index is 1.39. The Kier molecular flexibility index (Phi) is 8.99. The molecule has 1 saturated carbocycles. The van der Waals surface area contributed by atoms with Crippen molar-refractivity contribution in [2.45, 2.75) is 50.8 Å². The van der Waals surface area contributed by atoms with Gasteiger partial charge in [-0.05, 0) is 61.6 Å². The second-order valence-electron chi connectivity index (χ2n) is 8.96. The first-order chi connectivity index (χ1) is 18.2. The van der Waals surface area contributed by atoms with Gasteiger partial charge in [-0.15, -0.1) is 0 Å². The number of thiocarbonyl (C=S) groups is 1. The molecule has 2 aromatic rings. The molecule has 1 aliphatic heterocycles. The average molecular weight is 565 g/mol. The standard InChI is InChI=1S/C27H27F3N2O4S2/c1-35-22-15-17(11-12-21(22)36-18-7-3-2-4-8-18)16-23-25(34)32(26(37)38-23)14-13-24(33)31-20-10-6-5-9-19(20)27(28,29)30/h5-6,9-12,15-16,18H,2-4,7-8,13-14H2,1H3,(H,31,33)/b23-16-. The fraction of sp³-hybridized carbons (Fsp3) is 0.370. The summed E-state index contributed by atoms with van der Waals surface area (Å²) in [4.78, 5) is 27.0. The van der Waals surface area contributed by atoms with Crippen LogP contribution in [0.15, 0.2) is 47.4 Å². The number of halogens is 3. The van der Waals surface area contributed by atoms with Crippen LogP contribution < -0.4 is 14.8 Å². The molecule has 202 valence electrons. The van der Waals surface area contributed by atoms with Gasteiger partial charge in [0.25, 0.3) is 5.91 Å². The van der Waals surface area contributed by atoms with Crippen molar-refractivity contribution in [3.8, 4) is 11.5 Å². The molecule has 2 aliphatic rings. The van der Waals surface area contributed by atoms with Crippen LogP contribution in [0.4, 0.5) is 18.9 Å². The van der Waals surface area contributed by atoms with Gasteiger partial charge >= 0.3 is 6.18 Å². The fourth-order valence-electron chi connectivity index (χ4n) is 4.34. The summed E-state index contributed by atoms with van der Waals surface area (Å²) < 4.78 is 51.5. The summed E-state index contributed by atoms with van der Waals surface area (Å²) in [7, 11) is 1.56. The minimum atomic E-state index is -4.60. The van der Waals surface area contributed by atoms with Crippen LogP contribution in [0.1, 0.15) is 49.7 Å². The van der Waals surface area contributed by atoms with Gasteiger partial charge in [0, 0.05) is 13.0 Å². The summed E-state index contributed by atoms with van der Waals surface area (Å²) in [5.41, 5.74) is -0.549. The molecule has 2 amide bonds. The van der Waals surface area contributed by atoms with Crippen molar-refractivity contribution in [1.29, 1.82) is 0 Å². The Hall–Kier alpha value is -3.05. The summed E-state index contributed by atoms with van der Waals surface area (Å²) in [6, 6.07) is 10.2. The van der Waals surface area contributed by atoms with Gasteiger partial charge in [0.15, 0.2) is 11.5 Å². The summed E-state index contributed by atoms with van der Waals surface area (Å²) >= 11 is 6.43. The van der Waals surface area contributed by atoms with E-state index in [0.29, 0.717) is 16.4 Å². The number of nitrogens with one attached hydrogen (secondary N) is 1. The van der Waals surface area contributed by atoms with E-state index in [1.54, 1.807) is 19.3 Å². The molecule has 0 radical (unpaired) electrons. The molecule has 0 aromatic heterocycles. The van der Waals surface area contributed by atoms with Crippen LogP contribution in [0.25, 0.3) is 6.08 Å². The Labute approximate surface area is 228 Å². The summed E-state index contributed by atoms with van der Waals surface area (Å²) in [6.07, 6.45) is 2.59. The maximum absolute atomic E-state index is 13.2. The quantitative estimate of drug-likeness (QED) is 0.286. The number of anilines is 1. The van der Waals surface area contributed by atoms with E-state index in [9.17, 15) is 22.8 Å². The van der Waals surface area contributed by atoms with Crippen LogP contribution in [-0.4, -0.2) is 40.8 Å². The monoisotopic (exact) mass is 564 g/mol. The summed E-state index contributed by atoms with van der Waals surface area (Å²) in [5.74, 6) is 0.195. The van der Waals surface area contributed by atoms with E-state index in [1.807, 2.05) is 12.1 Å². The molecule has 4 rings (SSSR count). The molecule has 1 heterocycles. The number of para-hydroxylation sites is 1. The second-order valence-corrected chi connectivity index (χ2v) is 10.6. The van der Waals surface area contributed by atoms with Gasteiger partial charge < -0.3 is 14.8 Å². The largest absolute Gasteiger partial charge is 0.493 e. The van der Waals surface area contributed by atoms with Crippen molar-refractivity contribution < 1.29 is 32.2 Å². The second kappa shape index (κ2) is 12.2. The zero-order chi connectivity index (χ0) is 27.3. The molecule has 0 atom stereocenters. The van der Waals surface area contributed by atoms with Crippen molar-refractivity contribution in [3.63, 3.8) is 0 Å². The van der Waals surface area contributed by atoms with Gasteiger partial charge in [-0.1, -0.05) is 48.6 Å². The van der Waals surface area contributed by atoms with Gasteiger partial charge in [0.05, 0.1) is 29.4 Å². The lowest BCUT2D eigenvalue weighted by molar-refractivity contribution is -0.137. The third-order valence-electron chi connectivity index (χ3n) is 6.27. The number of carbonyl (C=O) groups excluding carboxylic acids is 2. The van der Waals surface area contributed by atoms with Crippen LogP contribution in [-0.2, 0) is 15.8 Å². The molecule has 0 bridgehead atoms. The molecule has 2 aromatic carbocycles. The highest BCUT2D eigenvalue weighted by Gasteiger charge is 2.34. The number of methoxy groups -OCH3 is 1. The lowest BCUT2D eigenvalue weighted by Gasteiger charge is -2.24. The van der Waals surface area contributed by atoms with Gasteiger partial charge in [-0.3, -0.25) is 14.5 Å². The molecule has 0 spiro atoms. The highest BCUT2D eigenvalue weighted by Crippen LogP contribution is 2.37. The number of alkyl halides is 3. The molecule has 1 N–H and O–H groups in total. The number of nitrogens with zero attached hydrogens (tertiary/aromatic N) is 1. The molecular formula is C27H27F3N2O4S2. The van der Waals surface area contributed by atoms with E-state index in [-0.39, 0.29) is 35.0 Å². The summed E-state index contributed by atoms with van der Waals surface area (Å²) in [5, 5.41) is 2.28. The first-order valence-electron chi connectivity index (χ1n) is 12.2. The topological polar surface area (TPSA) is 67.9 Å². The van der Waals surface area contributed by atoms with Crippen LogP contribution in [0.2, 0.25) is 0 Å². The molecule has 1 aliphatic carbocycles.